The Kier molecular flexibility index (Phi) is 2.84. The van der Waals surface area contributed by atoms with Crippen molar-refractivity contribution in [1.29, 1.82) is 5.26 Å². The molecule has 0 bridgehead atoms. The van der Waals surface area contributed by atoms with E-state index in [1.807, 2.05) is 19.2 Å². The summed E-state index contributed by atoms with van der Waals surface area (Å²) >= 11 is 0. The Morgan fingerprint density at radius 3 is 2.87 bits per heavy atom. The van der Waals surface area contributed by atoms with Crippen LogP contribution in [0.5, 0.6) is 0 Å². The second kappa shape index (κ2) is 4.28. The lowest BCUT2D eigenvalue weighted by Gasteiger charge is -2.28. The normalized spacial score (nSPS) is 16.1. The van der Waals surface area contributed by atoms with Crippen molar-refractivity contribution in [3.63, 3.8) is 0 Å². The van der Waals surface area contributed by atoms with Gasteiger partial charge in [-0.15, -0.1) is 0 Å². The zero-order valence-corrected chi connectivity index (χ0v) is 8.82. The molecule has 2 heterocycles. The van der Waals surface area contributed by atoms with Crippen molar-refractivity contribution in [2.75, 3.05) is 31.1 Å². The van der Waals surface area contributed by atoms with Crippen molar-refractivity contribution < 1.29 is 0 Å². The Balaban J connectivity index is 2.30. The summed E-state index contributed by atoms with van der Waals surface area (Å²) in [6.07, 6.45) is 1.82. The molecule has 0 spiro atoms. The van der Waals surface area contributed by atoms with Crippen LogP contribution in [0.15, 0.2) is 12.3 Å². The summed E-state index contributed by atoms with van der Waals surface area (Å²) in [6, 6.07) is 4.10. The molecule has 4 heteroatoms. The van der Waals surface area contributed by atoms with Gasteiger partial charge in [-0.1, -0.05) is 0 Å². The number of piperazine rings is 1. The molecule has 4 nitrogen and oxygen atoms in total. The summed E-state index contributed by atoms with van der Waals surface area (Å²) in [6.45, 7) is 5.71. The van der Waals surface area contributed by atoms with E-state index < -0.39 is 0 Å². The second-order valence-corrected chi connectivity index (χ2v) is 3.73. The van der Waals surface area contributed by atoms with Gasteiger partial charge in [0.2, 0.25) is 0 Å². The van der Waals surface area contributed by atoms with E-state index in [9.17, 15) is 0 Å². The van der Waals surface area contributed by atoms with Crippen LogP contribution in [0, 0.1) is 18.3 Å². The predicted molar refractivity (Wildman–Crippen MR) is 58.8 cm³/mol. The zero-order chi connectivity index (χ0) is 10.7. The monoisotopic (exact) mass is 202 g/mol. The lowest BCUT2D eigenvalue weighted by Crippen LogP contribution is -2.44. The second-order valence-electron chi connectivity index (χ2n) is 3.73. The van der Waals surface area contributed by atoms with Crippen LogP contribution in [0.4, 0.5) is 5.82 Å². The average Bonchev–Trinajstić information content (AvgIpc) is 2.30. The molecule has 78 valence electrons. The van der Waals surface area contributed by atoms with Crippen molar-refractivity contribution >= 4 is 5.82 Å². The molecule has 1 aromatic rings. The number of aryl methyl sites for hydroxylation is 1. The van der Waals surface area contributed by atoms with Gasteiger partial charge in [-0.2, -0.15) is 5.26 Å². The Labute approximate surface area is 89.5 Å². The van der Waals surface area contributed by atoms with Crippen molar-refractivity contribution in [3.05, 3.63) is 23.4 Å². The molecule has 15 heavy (non-hydrogen) atoms. The minimum Gasteiger partial charge on any atom is -0.353 e. The minimum absolute atomic E-state index is 0.678. The lowest BCUT2D eigenvalue weighted by atomic mass is 10.2. The molecule has 1 aliphatic rings. The van der Waals surface area contributed by atoms with Gasteiger partial charge in [0.15, 0.2) is 0 Å². The first kappa shape index (κ1) is 9.94. The van der Waals surface area contributed by atoms with Gasteiger partial charge in [0.25, 0.3) is 0 Å². The molecule has 0 aromatic carbocycles. The Morgan fingerprint density at radius 1 is 1.47 bits per heavy atom. The van der Waals surface area contributed by atoms with Crippen molar-refractivity contribution in [2.24, 2.45) is 0 Å². The number of nitrogens with one attached hydrogen (secondary N) is 1. The summed E-state index contributed by atoms with van der Waals surface area (Å²) in [5, 5.41) is 12.3. The maximum Gasteiger partial charge on any atom is 0.146 e. The smallest absolute Gasteiger partial charge is 0.146 e. The number of aromatic nitrogens is 1. The van der Waals surface area contributed by atoms with Crippen molar-refractivity contribution in [2.45, 2.75) is 6.92 Å². The van der Waals surface area contributed by atoms with Gasteiger partial charge in [-0.25, -0.2) is 4.98 Å². The highest BCUT2D eigenvalue weighted by atomic mass is 15.2. The SMILES string of the molecule is Cc1cnc(N2CCNCC2)c(C#N)c1. The fourth-order valence-electron chi connectivity index (χ4n) is 1.77. The summed E-state index contributed by atoms with van der Waals surface area (Å²) in [4.78, 5) is 6.51. The van der Waals surface area contributed by atoms with E-state index in [-0.39, 0.29) is 0 Å². The van der Waals surface area contributed by atoms with Gasteiger partial charge < -0.3 is 10.2 Å². The molecule has 2 rings (SSSR count). The van der Waals surface area contributed by atoms with E-state index in [1.54, 1.807) is 0 Å². The molecular weight excluding hydrogens is 188 g/mol. The van der Waals surface area contributed by atoms with E-state index in [0.29, 0.717) is 5.56 Å². The van der Waals surface area contributed by atoms with Gasteiger partial charge in [-0.3, -0.25) is 0 Å². The highest BCUT2D eigenvalue weighted by Gasteiger charge is 2.15. The van der Waals surface area contributed by atoms with Gasteiger partial charge in [-0.05, 0) is 18.6 Å². The molecular formula is C11H14N4. The number of hydrogen-bond acceptors (Lipinski definition) is 4. The molecule has 1 aromatic heterocycles. The zero-order valence-electron chi connectivity index (χ0n) is 8.82. The highest BCUT2D eigenvalue weighted by molar-refractivity contribution is 5.54. The maximum absolute atomic E-state index is 9.04. The summed E-state index contributed by atoms with van der Waals surface area (Å²) < 4.78 is 0. The first-order valence-corrected chi connectivity index (χ1v) is 5.13. The Hall–Kier alpha value is -1.60. The average molecular weight is 202 g/mol. The Morgan fingerprint density at radius 2 is 2.20 bits per heavy atom. The Bertz CT molecular complexity index is 388. The maximum atomic E-state index is 9.04. The first-order chi connectivity index (χ1) is 7.31. The number of nitrogens with zero attached hydrogens (tertiary/aromatic N) is 3. The molecule has 1 N–H and O–H groups in total. The molecule has 0 unspecified atom stereocenters. The van der Waals surface area contributed by atoms with Crippen LogP contribution in [0.2, 0.25) is 0 Å². The molecule has 0 aliphatic carbocycles. The molecule has 0 atom stereocenters. The van der Waals surface area contributed by atoms with Crippen LogP contribution >= 0.6 is 0 Å². The van der Waals surface area contributed by atoms with Crippen LogP contribution in [-0.4, -0.2) is 31.2 Å². The lowest BCUT2D eigenvalue weighted by molar-refractivity contribution is 0.584. The van der Waals surface area contributed by atoms with Crippen molar-refractivity contribution in [3.8, 4) is 6.07 Å². The van der Waals surface area contributed by atoms with Gasteiger partial charge in [0.1, 0.15) is 11.9 Å². The summed E-state index contributed by atoms with van der Waals surface area (Å²) in [5.41, 5.74) is 1.71. The largest absolute Gasteiger partial charge is 0.353 e. The van der Waals surface area contributed by atoms with Gasteiger partial charge in [0, 0.05) is 32.4 Å². The predicted octanol–water partition coefficient (Wildman–Crippen LogP) is 0.671. The molecule has 1 saturated heterocycles. The first-order valence-electron chi connectivity index (χ1n) is 5.13. The molecule has 0 saturated carbocycles. The number of anilines is 1. The third-order valence-electron chi connectivity index (χ3n) is 2.54. The fraction of sp³-hybridized carbons (Fsp3) is 0.455. The molecule has 1 fully saturated rings. The number of rotatable bonds is 1. The molecule has 0 radical (unpaired) electrons. The van der Waals surface area contributed by atoms with E-state index >= 15 is 0 Å². The van der Waals surface area contributed by atoms with Crippen molar-refractivity contribution in [1.82, 2.24) is 10.3 Å². The van der Waals surface area contributed by atoms with Gasteiger partial charge in [0.05, 0.1) is 5.56 Å². The van der Waals surface area contributed by atoms with Crippen LogP contribution in [0.3, 0.4) is 0 Å². The van der Waals surface area contributed by atoms with Gasteiger partial charge >= 0.3 is 0 Å². The van der Waals surface area contributed by atoms with E-state index in [2.05, 4.69) is 21.3 Å². The number of pyridine rings is 1. The third-order valence-corrected chi connectivity index (χ3v) is 2.54. The quantitative estimate of drug-likeness (QED) is 0.727. The number of nitriles is 1. The summed E-state index contributed by atoms with van der Waals surface area (Å²) in [5.74, 6) is 0.824. The van der Waals surface area contributed by atoms with Crippen LogP contribution in [0.25, 0.3) is 0 Å². The standard InChI is InChI=1S/C11H14N4/c1-9-6-10(7-12)11(14-8-9)15-4-2-13-3-5-15/h6,8,13H,2-5H2,1H3. The highest BCUT2D eigenvalue weighted by Crippen LogP contribution is 2.17. The van der Waals surface area contributed by atoms with E-state index in [0.717, 1.165) is 37.6 Å². The van der Waals surface area contributed by atoms with Crippen LogP contribution < -0.4 is 10.2 Å². The van der Waals surface area contributed by atoms with E-state index in [4.69, 9.17) is 5.26 Å². The topological polar surface area (TPSA) is 52.0 Å². The molecule has 1 aliphatic heterocycles. The van der Waals surface area contributed by atoms with Crippen LogP contribution in [-0.2, 0) is 0 Å². The minimum atomic E-state index is 0.678. The van der Waals surface area contributed by atoms with E-state index in [1.165, 1.54) is 0 Å². The fourth-order valence-corrected chi connectivity index (χ4v) is 1.77. The van der Waals surface area contributed by atoms with Crippen LogP contribution in [0.1, 0.15) is 11.1 Å². The third kappa shape index (κ3) is 2.08. The molecule has 0 amide bonds. The summed E-state index contributed by atoms with van der Waals surface area (Å²) in [7, 11) is 0. The number of hydrogen-bond donors (Lipinski definition) is 1.